The van der Waals surface area contributed by atoms with Gasteiger partial charge in [-0.15, -0.1) is 0 Å². The molecule has 21 heavy (non-hydrogen) atoms. The number of fused-ring (bicyclic) bond motifs is 1. The molecule has 5 nitrogen and oxygen atoms in total. The van der Waals surface area contributed by atoms with Gasteiger partial charge < -0.3 is 10.4 Å². The third-order valence-electron chi connectivity index (χ3n) is 3.05. The van der Waals surface area contributed by atoms with Crippen LogP contribution in [0, 0.1) is 5.92 Å². The topological polar surface area (TPSA) is 79.3 Å². The fraction of sp³-hybridized carbons (Fsp3) is 0.267. The number of carbonyl (C=O) groups is 2. The molecule has 2 aromatic rings. The molecule has 1 amide bonds. The second-order valence-electron chi connectivity index (χ2n) is 4.95. The van der Waals surface area contributed by atoms with Gasteiger partial charge in [-0.2, -0.15) is 0 Å². The van der Waals surface area contributed by atoms with Crippen LogP contribution >= 0.6 is 11.6 Å². The monoisotopic (exact) mass is 306 g/mol. The fourth-order valence-electron chi connectivity index (χ4n) is 2.14. The van der Waals surface area contributed by atoms with Crippen LogP contribution in [0.15, 0.2) is 30.5 Å². The first-order valence-electron chi connectivity index (χ1n) is 6.52. The van der Waals surface area contributed by atoms with E-state index in [1.807, 2.05) is 6.07 Å². The summed E-state index contributed by atoms with van der Waals surface area (Å²) in [6, 6.07) is 6.98. The molecule has 110 valence electrons. The summed E-state index contributed by atoms with van der Waals surface area (Å²) in [6.07, 6.45) is 1.75. The third-order valence-corrected chi connectivity index (χ3v) is 3.36. The van der Waals surface area contributed by atoms with Crippen LogP contribution in [0.25, 0.3) is 10.9 Å². The minimum atomic E-state index is -0.906. The maximum Gasteiger partial charge on any atom is 0.303 e. The number of nitrogens with zero attached hydrogens (tertiary/aromatic N) is 1. The lowest BCUT2D eigenvalue weighted by atomic mass is 10.0. The van der Waals surface area contributed by atoms with Crippen molar-refractivity contribution in [1.82, 2.24) is 4.98 Å². The van der Waals surface area contributed by atoms with Crippen LogP contribution < -0.4 is 5.32 Å². The average Bonchev–Trinajstić information content (AvgIpc) is 2.41. The van der Waals surface area contributed by atoms with Gasteiger partial charge in [0, 0.05) is 24.4 Å². The Kier molecular flexibility index (Phi) is 4.75. The molecule has 2 N–H and O–H groups in total. The zero-order chi connectivity index (χ0) is 15.4. The molecule has 1 aromatic carbocycles. The number of pyridine rings is 1. The van der Waals surface area contributed by atoms with E-state index in [1.165, 1.54) is 0 Å². The number of hydrogen-bond donors (Lipinski definition) is 2. The van der Waals surface area contributed by atoms with Gasteiger partial charge in [0.05, 0.1) is 16.2 Å². The SMILES string of the molecule is CC(CC(=O)O)CC(=O)Nc1ccc(Cl)c2ncccc12. The van der Waals surface area contributed by atoms with Gasteiger partial charge in [0.25, 0.3) is 0 Å². The van der Waals surface area contributed by atoms with E-state index in [9.17, 15) is 9.59 Å². The van der Waals surface area contributed by atoms with E-state index >= 15 is 0 Å². The molecule has 1 aromatic heterocycles. The van der Waals surface area contributed by atoms with Crippen LogP contribution in [-0.2, 0) is 9.59 Å². The molecule has 1 heterocycles. The second kappa shape index (κ2) is 6.54. The van der Waals surface area contributed by atoms with Crippen LogP contribution in [0.2, 0.25) is 5.02 Å². The predicted octanol–water partition coefficient (Wildman–Crippen LogP) is 3.33. The van der Waals surface area contributed by atoms with E-state index in [0.717, 1.165) is 5.39 Å². The Balaban J connectivity index is 2.15. The fourth-order valence-corrected chi connectivity index (χ4v) is 2.35. The molecule has 1 unspecified atom stereocenters. The lowest BCUT2D eigenvalue weighted by Gasteiger charge is -2.11. The van der Waals surface area contributed by atoms with Gasteiger partial charge in [-0.05, 0) is 30.2 Å². The number of nitrogens with one attached hydrogen (secondary N) is 1. The smallest absolute Gasteiger partial charge is 0.303 e. The number of carboxylic acid groups (broad SMARTS) is 1. The number of carbonyl (C=O) groups excluding carboxylic acids is 1. The Hall–Kier alpha value is -2.14. The van der Waals surface area contributed by atoms with Crippen LogP contribution in [0.3, 0.4) is 0 Å². The van der Waals surface area contributed by atoms with Crippen molar-refractivity contribution in [1.29, 1.82) is 0 Å². The van der Waals surface area contributed by atoms with Gasteiger partial charge >= 0.3 is 5.97 Å². The summed E-state index contributed by atoms with van der Waals surface area (Å²) < 4.78 is 0. The number of halogens is 1. The van der Waals surface area contributed by atoms with Gasteiger partial charge in [-0.1, -0.05) is 18.5 Å². The summed E-state index contributed by atoms with van der Waals surface area (Å²) in [6.45, 7) is 1.73. The number of benzene rings is 1. The van der Waals surface area contributed by atoms with Crippen LogP contribution in [0.5, 0.6) is 0 Å². The number of aliphatic carboxylic acids is 1. The van der Waals surface area contributed by atoms with E-state index < -0.39 is 5.97 Å². The third kappa shape index (κ3) is 3.92. The maximum absolute atomic E-state index is 12.0. The molecule has 0 bridgehead atoms. The normalized spacial score (nSPS) is 12.1. The van der Waals surface area contributed by atoms with Crippen LogP contribution in [-0.4, -0.2) is 22.0 Å². The zero-order valence-corrected chi connectivity index (χ0v) is 12.2. The lowest BCUT2D eigenvalue weighted by Crippen LogP contribution is -2.17. The summed E-state index contributed by atoms with van der Waals surface area (Å²) in [7, 11) is 0. The van der Waals surface area contributed by atoms with Crippen molar-refractivity contribution in [3.8, 4) is 0 Å². The molecule has 0 aliphatic rings. The molecule has 1 atom stereocenters. The van der Waals surface area contributed by atoms with Crippen LogP contribution in [0.4, 0.5) is 5.69 Å². The Bertz CT molecular complexity index is 688. The quantitative estimate of drug-likeness (QED) is 0.888. The first-order valence-corrected chi connectivity index (χ1v) is 6.90. The van der Waals surface area contributed by atoms with Crippen molar-refractivity contribution < 1.29 is 14.7 Å². The summed E-state index contributed by atoms with van der Waals surface area (Å²) >= 11 is 6.07. The first-order chi connectivity index (χ1) is 9.97. The van der Waals surface area contributed by atoms with Gasteiger partial charge in [0.2, 0.25) is 5.91 Å². The number of amides is 1. The molecular weight excluding hydrogens is 292 g/mol. The summed E-state index contributed by atoms with van der Waals surface area (Å²) in [5.41, 5.74) is 1.24. The van der Waals surface area contributed by atoms with Gasteiger partial charge in [-0.25, -0.2) is 0 Å². The number of hydrogen-bond acceptors (Lipinski definition) is 3. The molecule has 2 rings (SSSR count). The Morgan fingerprint density at radius 3 is 2.81 bits per heavy atom. The first kappa shape index (κ1) is 15.3. The van der Waals surface area contributed by atoms with Crippen molar-refractivity contribution in [2.75, 3.05) is 5.32 Å². The highest BCUT2D eigenvalue weighted by atomic mass is 35.5. The van der Waals surface area contributed by atoms with Crippen molar-refractivity contribution in [3.63, 3.8) is 0 Å². The largest absolute Gasteiger partial charge is 0.481 e. The highest BCUT2D eigenvalue weighted by molar-refractivity contribution is 6.35. The maximum atomic E-state index is 12.0. The zero-order valence-electron chi connectivity index (χ0n) is 11.5. The van der Waals surface area contributed by atoms with Crippen molar-refractivity contribution in [3.05, 3.63) is 35.5 Å². The molecule has 0 aliphatic heterocycles. The van der Waals surface area contributed by atoms with Gasteiger partial charge in [0.15, 0.2) is 0 Å². The van der Waals surface area contributed by atoms with E-state index in [0.29, 0.717) is 16.2 Å². The Labute approximate surface area is 126 Å². The molecule has 0 fully saturated rings. The van der Waals surface area contributed by atoms with Gasteiger partial charge in [0.1, 0.15) is 0 Å². The number of anilines is 1. The van der Waals surface area contributed by atoms with Crippen molar-refractivity contribution >= 4 is 40.1 Å². The number of carboxylic acids is 1. The summed E-state index contributed by atoms with van der Waals surface area (Å²) in [5.74, 6) is -1.35. The van der Waals surface area contributed by atoms with Crippen molar-refractivity contribution in [2.45, 2.75) is 19.8 Å². The molecular formula is C15H15ClN2O3. The predicted molar refractivity (Wildman–Crippen MR) is 81.4 cm³/mol. The standard InChI is InChI=1S/C15H15ClN2O3/c1-9(8-14(20)21)7-13(19)18-12-5-4-11(16)15-10(12)3-2-6-17-15/h2-6,9H,7-8H2,1H3,(H,18,19)(H,20,21). The van der Waals surface area contributed by atoms with Crippen molar-refractivity contribution in [2.24, 2.45) is 5.92 Å². The minimum Gasteiger partial charge on any atom is -0.481 e. The molecule has 0 saturated carbocycles. The molecule has 0 spiro atoms. The second-order valence-corrected chi connectivity index (χ2v) is 5.36. The van der Waals surface area contributed by atoms with E-state index in [4.69, 9.17) is 16.7 Å². The van der Waals surface area contributed by atoms with E-state index in [-0.39, 0.29) is 24.7 Å². The number of aromatic nitrogens is 1. The molecule has 0 aliphatic carbocycles. The highest BCUT2D eigenvalue weighted by Gasteiger charge is 2.14. The Morgan fingerprint density at radius 1 is 1.33 bits per heavy atom. The minimum absolute atomic E-state index is 0.0314. The summed E-state index contributed by atoms with van der Waals surface area (Å²) in [5, 5.41) is 12.8. The summed E-state index contributed by atoms with van der Waals surface area (Å²) in [4.78, 5) is 26.8. The lowest BCUT2D eigenvalue weighted by molar-refractivity contribution is -0.138. The molecule has 0 saturated heterocycles. The van der Waals surface area contributed by atoms with Crippen LogP contribution in [0.1, 0.15) is 19.8 Å². The van der Waals surface area contributed by atoms with Gasteiger partial charge in [-0.3, -0.25) is 14.6 Å². The molecule has 6 heteroatoms. The average molecular weight is 307 g/mol. The number of rotatable bonds is 5. The van der Waals surface area contributed by atoms with E-state index in [2.05, 4.69) is 10.3 Å². The Morgan fingerprint density at radius 2 is 2.10 bits per heavy atom. The van der Waals surface area contributed by atoms with E-state index in [1.54, 1.807) is 31.3 Å². The highest BCUT2D eigenvalue weighted by Crippen LogP contribution is 2.28. The molecule has 0 radical (unpaired) electrons.